The Balaban J connectivity index is 1.93. The van der Waals surface area contributed by atoms with Crippen LogP contribution in [0.15, 0.2) is 78.9 Å². The monoisotopic (exact) mass is 297 g/mol. The van der Waals surface area contributed by atoms with E-state index in [9.17, 15) is 4.79 Å². The fraction of sp³-hybridized carbons (Fsp3) is 0.0476. The van der Waals surface area contributed by atoms with Crippen LogP contribution in [0.5, 0.6) is 0 Å². The van der Waals surface area contributed by atoms with Crippen molar-refractivity contribution in [2.24, 2.45) is 0 Å². The molecule has 0 aromatic heterocycles. The SMILES string of the molecule is N#Cc1ccc(C(=O)c2ccccc2Cc2ccccc2)cc1. The highest BCUT2D eigenvalue weighted by Gasteiger charge is 2.13. The molecular formula is C21H15NO. The van der Waals surface area contributed by atoms with Crippen LogP contribution in [0.1, 0.15) is 32.6 Å². The van der Waals surface area contributed by atoms with Gasteiger partial charge in [-0.1, -0.05) is 54.6 Å². The summed E-state index contributed by atoms with van der Waals surface area (Å²) < 4.78 is 0. The van der Waals surface area contributed by atoms with Crippen LogP contribution in [0.3, 0.4) is 0 Å². The molecule has 0 spiro atoms. The van der Waals surface area contributed by atoms with Gasteiger partial charge in [-0.15, -0.1) is 0 Å². The Morgan fingerprint density at radius 3 is 2.17 bits per heavy atom. The van der Waals surface area contributed by atoms with Gasteiger partial charge in [-0.2, -0.15) is 5.26 Å². The highest BCUT2D eigenvalue weighted by Crippen LogP contribution is 2.18. The van der Waals surface area contributed by atoms with E-state index in [1.165, 1.54) is 5.56 Å². The largest absolute Gasteiger partial charge is 0.289 e. The number of nitrogens with zero attached hydrogens (tertiary/aromatic N) is 1. The van der Waals surface area contributed by atoms with Crippen LogP contribution < -0.4 is 0 Å². The van der Waals surface area contributed by atoms with Crippen molar-refractivity contribution < 1.29 is 4.79 Å². The first-order valence-electron chi connectivity index (χ1n) is 7.44. The number of hydrogen-bond donors (Lipinski definition) is 0. The van der Waals surface area contributed by atoms with Crippen molar-refractivity contribution in [1.82, 2.24) is 0 Å². The molecule has 23 heavy (non-hydrogen) atoms. The van der Waals surface area contributed by atoms with Gasteiger partial charge in [-0.3, -0.25) is 4.79 Å². The van der Waals surface area contributed by atoms with Gasteiger partial charge in [0, 0.05) is 11.1 Å². The Labute approximate surface area is 135 Å². The zero-order valence-electron chi connectivity index (χ0n) is 12.6. The maximum absolute atomic E-state index is 12.8. The highest BCUT2D eigenvalue weighted by molar-refractivity contribution is 6.10. The second-order valence-corrected chi connectivity index (χ2v) is 5.34. The van der Waals surface area contributed by atoms with E-state index in [0.717, 1.165) is 12.0 Å². The first-order valence-corrected chi connectivity index (χ1v) is 7.44. The third-order valence-corrected chi connectivity index (χ3v) is 3.78. The lowest BCUT2D eigenvalue weighted by Gasteiger charge is -2.09. The van der Waals surface area contributed by atoms with E-state index in [4.69, 9.17) is 5.26 Å². The fourth-order valence-corrected chi connectivity index (χ4v) is 2.56. The van der Waals surface area contributed by atoms with Crippen LogP contribution >= 0.6 is 0 Å². The quantitative estimate of drug-likeness (QED) is 0.670. The van der Waals surface area contributed by atoms with Gasteiger partial charge in [-0.25, -0.2) is 0 Å². The van der Waals surface area contributed by atoms with Crippen molar-refractivity contribution in [2.45, 2.75) is 6.42 Å². The Morgan fingerprint density at radius 1 is 0.826 bits per heavy atom. The molecule has 2 heteroatoms. The standard InChI is InChI=1S/C21H15NO/c22-15-17-10-12-18(13-11-17)21(23)20-9-5-4-8-19(20)14-16-6-2-1-3-7-16/h1-13H,14H2. The molecule has 0 fully saturated rings. The third kappa shape index (κ3) is 3.36. The van der Waals surface area contributed by atoms with E-state index >= 15 is 0 Å². The smallest absolute Gasteiger partial charge is 0.193 e. The molecule has 0 unspecified atom stereocenters. The minimum atomic E-state index is -0.0129. The number of nitriles is 1. The summed E-state index contributed by atoms with van der Waals surface area (Å²) in [6.45, 7) is 0. The van der Waals surface area contributed by atoms with Gasteiger partial charge >= 0.3 is 0 Å². The Morgan fingerprint density at radius 2 is 1.48 bits per heavy atom. The van der Waals surface area contributed by atoms with Crippen LogP contribution in [0.4, 0.5) is 0 Å². The van der Waals surface area contributed by atoms with E-state index in [1.54, 1.807) is 24.3 Å². The molecule has 0 radical (unpaired) electrons. The minimum absolute atomic E-state index is 0.0129. The van der Waals surface area contributed by atoms with Gasteiger partial charge in [0.1, 0.15) is 0 Å². The molecule has 0 amide bonds. The summed E-state index contributed by atoms with van der Waals surface area (Å²) in [6, 6.07) is 26.6. The van der Waals surface area contributed by atoms with Gasteiger partial charge in [-0.05, 0) is 41.8 Å². The lowest BCUT2D eigenvalue weighted by Crippen LogP contribution is -2.06. The molecule has 2 nitrogen and oxygen atoms in total. The topological polar surface area (TPSA) is 40.9 Å². The zero-order chi connectivity index (χ0) is 16.1. The molecule has 0 heterocycles. The number of benzene rings is 3. The van der Waals surface area contributed by atoms with Gasteiger partial charge in [0.05, 0.1) is 11.6 Å². The molecule has 0 atom stereocenters. The number of carbonyl (C=O) groups excluding carboxylic acids is 1. The molecule has 0 aliphatic heterocycles. The molecule has 0 saturated carbocycles. The summed E-state index contributed by atoms with van der Waals surface area (Å²) in [7, 11) is 0. The Bertz CT molecular complexity index is 858. The molecule has 0 N–H and O–H groups in total. The lowest BCUT2D eigenvalue weighted by atomic mass is 9.94. The highest BCUT2D eigenvalue weighted by atomic mass is 16.1. The molecular weight excluding hydrogens is 282 g/mol. The number of ketones is 1. The average molecular weight is 297 g/mol. The minimum Gasteiger partial charge on any atom is -0.289 e. The molecule has 0 aliphatic rings. The van der Waals surface area contributed by atoms with E-state index in [1.807, 2.05) is 42.5 Å². The zero-order valence-corrected chi connectivity index (χ0v) is 12.6. The van der Waals surface area contributed by atoms with Crippen LogP contribution in [0, 0.1) is 11.3 Å². The van der Waals surface area contributed by atoms with Crippen molar-refractivity contribution in [2.75, 3.05) is 0 Å². The number of hydrogen-bond acceptors (Lipinski definition) is 2. The lowest BCUT2D eigenvalue weighted by molar-refractivity contribution is 0.103. The van der Waals surface area contributed by atoms with Gasteiger partial charge < -0.3 is 0 Å². The summed E-state index contributed by atoms with van der Waals surface area (Å²) in [5.41, 5.74) is 4.05. The molecule has 0 bridgehead atoms. The van der Waals surface area contributed by atoms with Crippen molar-refractivity contribution in [3.63, 3.8) is 0 Å². The molecule has 3 aromatic carbocycles. The Hall–Kier alpha value is -3.18. The predicted molar refractivity (Wildman–Crippen MR) is 90.3 cm³/mol. The number of rotatable bonds is 4. The predicted octanol–water partition coefficient (Wildman–Crippen LogP) is 4.38. The molecule has 0 aliphatic carbocycles. The van der Waals surface area contributed by atoms with E-state index in [0.29, 0.717) is 16.7 Å². The first-order chi connectivity index (χ1) is 11.3. The summed E-state index contributed by atoms with van der Waals surface area (Å²) in [6.07, 6.45) is 0.721. The molecule has 3 aromatic rings. The molecule has 3 rings (SSSR count). The van der Waals surface area contributed by atoms with Crippen molar-refractivity contribution >= 4 is 5.78 Å². The summed E-state index contributed by atoms with van der Waals surface area (Å²) in [5.74, 6) is -0.0129. The second kappa shape index (κ2) is 6.72. The van der Waals surface area contributed by atoms with Crippen molar-refractivity contribution in [1.29, 1.82) is 5.26 Å². The Kier molecular flexibility index (Phi) is 4.31. The van der Waals surface area contributed by atoms with Crippen LogP contribution in [0.2, 0.25) is 0 Å². The van der Waals surface area contributed by atoms with Gasteiger partial charge in [0.25, 0.3) is 0 Å². The maximum Gasteiger partial charge on any atom is 0.193 e. The summed E-state index contributed by atoms with van der Waals surface area (Å²) in [5, 5.41) is 8.86. The van der Waals surface area contributed by atoms with Gasteiger partial charge in [0.2, 0.25) is 0 Å². The van der Waals surface area contributed by atoms with Crippen LogP contribution in [-0.4, -0.2) is 5.78 Å². The second-order valence-electron chi connectivity index (χ2n) is 5.34. The number of carbonyl (C=O) groups is 1. The molecule has 0 saturated heterocycles. The van der Waals surface area contributed by atoms with E-state index in [-0.39, 0.29) is 5.78 Å². The first kappa shape index (κ1) is 14.7. The summed E-state index contributed by atoms with van der Waals surface area (Å²) >= 11 is 0. The van der Waals surface area contributed by atoms with Crippen molar-refractivity contribution in [3.05, 3.63) is 107 Å². The summed E-state index contributed by atoms with van der Waals surface area (Å²) in [4.78, 5) is 12.8. The third-order valence-electron chi connectivity index (χ3n) is 3.78. The normalized spacial score (nSPS) is 10.0. The van der Waals surface area contributed by atoms with Crippen LogP contribution in [0.25, 0.3) is 0 Å². The maximum atomic E-state index is 12.8. The fourth-order valence-electron chi connectivity index (χ4n) is 2.56. The molecule has 110 valence electrons. The van der Waals surface area contributed by atoms with E-state index < -0.39 is 0 Å². The van der Waals surface area contributed by atoms with Gasteiger partial charge in [0.15, 0.2) is 5.78 Å². The van der Waals surface area contributed by atoms with Crippen LogP contribution in [-0.2, 0) is 6.42 Å². The average Bonchev–Trinajstić information content (AvgIpc) is 2.62. The van der Waals surface area contributed by atoms with Crippen molar-refractivity contribution in [3.8, 4) is 6.07 Å². The van der Waals surface area contributed by atoms with E-state index in [2.05, 4.69) is 18.2 Å².